The van der Waals surface area contributed by atoms with E-state index in [1.807, 2.05) is 12.3 Å². The van der Waals surface area contributed by atoms with E-state index < -0.39 is 9.84 Å². The van der Waals surface area contributed by atoms with Crippen LogP contribution in [-0.2, 0) is 14.6 Å². The lowest BCUT2D eigenvalue weighted by Gasteiger charge is -2.48. The molecule has 2 aliphatic heterocycles. The molecule has 2 saturated heterocycles. The van der Waals surface area contributed by atoms with E-state index in [-0.39, 0.29) is 29.9 Å². The molecule has 0 saturated carbocycles. The average Bonchev–Trinajstić information content (AvgIpc) is 3.05. The van der Waals surface area contributed by atoms with Gasteiger partial charge in [0.15, 0.2) is 0 Å². The minimum Gasteiger partial charge on any atom is -0.376 e. The van der Waals surface area contributed by atoms with Gasteiger partial charge >= 0.3 is 0 Å². The third kappa shape index (κ3) is 5.96. The largest absolute Gasteiger partial charge is 0.376 e. The van der Waals surface area contributed by atoms with Gasteiger partial charge in [-0.1, -0.05) is 19.9 Å². The number of nitrogens with zero attached hydrogens (tertiary/aromatic N) is 5. The van der Waals surface area contributed by atoms with Gasteiger partial charge in [-0.2, -0.15) is 4.98 Å². The summed E-state index contributed by atoms with van der Waals surface area (Å²) >= 11 is 0. The molecule has 3 aromatic rings. The molecule has 39 heavy (non-hydrogen) atoms. The number of benzene rings is 1. The molecule has 210 valence electrons. The summed E-state index contributed by atoms with van der Waals surface area (Å²) in [5.41, 5.74) is 2.34. The van der Waals surface area contributed by atoms with Crippen LogP contribution in [0.3, 0.4) is 0 Å². The van der Waals surface area contributed by atoms with Gasteiger partial charge in [0.25, 0.3) is 0 Å². The molecule has 2 aliphatic rings. The number of pyridine rings is 1. The Hall–Kier alpha value is -2.98. The molecule has 0 unspecified atom stereocenters. The standard InChI is InChI=1S/C29H40N6O3S/c1-18(2)23-7-8-26(35-15-22(21(35)5)17-39(6,36)37)25-14-31-28(13-24(23)25)32-27-9-11-30-29(33-27)34-12-10-20(4)38-16-19(34)3/h7-9,11,13-14,18-22H,10,12,15-17H2,1-6H3,(H,30,31,32,33)/t19-,20-,21+,22+/m0/s1. The summed E-state index contributed by atoms with van der Waals surface area (Å²) < 4.78 is 29.6. The highest BCUT2D eigenvalue weighted by atomic mass is 32.2. The van der Waals surface area contributed by atoms with Crippen LogP contribution in [0.25, 0.3) is 10.8 Å². The minimum atomic E-state index is -3.00. The Morgan fingerprint density at radius 2 is 1.87 bits per heavy atom. The third-order valence-corrected chi connectivity index (χ3v) is 9.09. The molecular weight excluding hydrogens is 512 g/mol. The number of aromatic nitrogens is 3. The number of sulfone groups is 1. The molecule has 1 aromatic carbocycles. The Balaban J connectivity index is 1.42. The van der Waals surface area contributed by atoms with Crippen LogP contribution < -0.4 is 15.1 Å². The Morgan fingerprint density at radius 1 is 1.08 bits per heavy atom. The van der Waals surface area contributed by atoms with Gasteiger partial charge in [0.05, 0.1) is 24.5 Å². The molecule has 4 heterocycles. The smallest absolute Gasteiger partial charge is 0.227 e. The van der Waals surface area contributed by atoms with Gasteiger partial charge in [0.2, 0.25) is 5.95 Å². The van der Waals surface area contributed by atoms with Crippen molar-refractivity contribution in [3.8, 4) is 0 Å². The van der Waals surface area contributed by atoms with E-state index in [0.29, 0.717) is 24.3 Å². The van der Waals surface area contributed by atoms with Crippen LogP contribution >= 0.6 is 0 Å². The summed E-state index contributed by atoms with van der Waals surface area (Å²) in [4.78, 5) is 18.6. The van der Waals surface area contributed by atoms with E-state index in [1.165, 1.54) is 11.8 Å². The van der Waals surface area contributed by atoms with Crippen molar-refractivity contribution in [2.45, 2.75) is 65.1 Å². The molecule has 10 heteroatoms. The normalized spacial score (nSPS) is 24.1. The summed E-state index contributed by atoms with van der Waals surface area (Å²) in [6.45, 7) is 13.0. The fourth-order valence-corrected chi connectivity index (χ4v) is 6.82. The van der Waals surface area contributed by atoms with E-state index in [0.717, 1.165) is 41.8 Å². The first-order valence-corrected chi connectivity index (χ1v) is 15.9. The van der Waals surface area contributed by atoms with Crippen LogP contribution in [0, 0.1) is 5.92 Å². The zero-order valence-corrected chi connectivity index (χ0v) is 24.6. The zero-order chi connectivity index (χ0) is 27.9. The summed E-state index contributed by atoms with van der Waals surface area (Å²) in [5.74, 6) is 2.80. The predicted octanol–water partition coefficient (Wildman–Crippen LogP) is 4.76. The number of rotatable bonds is 7. The van der Waals surface area contributed by atoms with E-state index in [9.17, 15) is 8.42 Å². The van der Waals surface area contributed by atoms with Crippen LogP contribution in [-0.4, -0.2) is 73.3 Å². The monoisotopic (exact) mass is 552 g/mol. The second-order valence-corrected chi connectivity index (χ2v) is 13.7. The molecule has 2 fully saturated rings. The van der Waals surface area contributed by atoms with E-state index >= 15 is 0 Å². The van der Waals surface area contributed by atoms with Gasteiger partial charge in [-0.3, -0.25) is 0 Å². The van der Waals surface area contributed by atoms with Crippen LogP contribution in [0.1, 0.15) is 52.5 Å². The number of hydrogen-bond donors (Lipinski definition) is 1. The molecule has 0 radical (unpaired) electrons. The lowest BCUT2D eigenvalue weighted by atomic mass is 9.88. The molecule has 2 aromatic heterocycles. The summed E-state index contributed by atoms with van der Waals surface area (Å²) in [6, 6.07) is 8.65. The maximum absolute atomic E-state index is 11.8. The number of anilines is 4. The number of hydrogen-bond acceptors (Lipinski definition) is 9. The van der Waals surface area contributed by atoms with Crippen molar-refractivity contribution in [1.29, 1.82) is 0 Å². The molecule has 5 rings (SSSR count). The van der Waals surface area contributed by atoms with Crippen molar-refractivity contribution in [2.24, 2.45) is 5.92 Å². The van der Waals surface area contributed by atoms with Gasteiger partial charge in [0, 0.05) is 54.8 Å². The van der Waals surface area contributed by atoms with Crippen molar-refractivity contribution in [1.82, 2.24) is 15.0 Å². The first-order chi connectivity index (χ1) is 18.5. The van der Waals surface area contributed by atoms with E-state index in [4.69, 9.17) is 14.7 Å². The molecule has 0 aliphatic carbocycles. The van der Waals surface area contributed by atoms with Gasteiger partial charge in [0.1, 0.15) is 21.5 Å². The van der Waals surface area contributed by atoms with Crippen LogP contribution in [0.15, 0.2) is 36.7 Å². The Kier molecular flexibility index (Phi) is 7.70. The highest BCUT2D eigenvalue weighted by molar-refractivity contribution is 7.90. The lowest BCUT2D eigenvalue weighted by Crippen LogP contribution is -2.57. The van der Waals surface area contributed by atoms with Gasteiger partial charge in [-0.25, -0.2) is 18.4 Å². The lowest BCUT2D eigenvalue weighted by molar-refractivity contribution is 0.0681. The van der Waals surface area contributed by atoms with Gasteiger partial charge < -0.3 is 19.9 Å². The second-order valence-electron chi connectivity index (χ2n) is 11.5. The molecular formula is C29H40N6O3S. The molecule has 4 atom stereocenters. The van der Waals surface area contributed by atoms with Crippen molar-refractivity contribution in [2.75, 3.05) is 46.8 Å². The highest BCUT2D eigenvalue weighted by Gasteiger charge is 2.38. The maximum Gasteiger partial charge on any atom is 0.227 e. The van der Waals surface area contributed by atoms with Crippen molar-refractivity contribution >= 4 is 43.9 Å². The van der Waals surface area contributed by atoms with Crippen molar-refractivity contribution in [3.05, 3.63) is 42.2 Å². The summed E-state index contributed by atoms with van der Waals surface area (Å²) in [5, 5.41) is 5.61. The van der Waals surface area contributed by atoms with E-state index in [2.05, 4.69) is 72.9 Å². The molecule has 0 spiro atoms. The number of ether oxygens (including phenoxy) is 1. The fourth-order valence-electron chi connectivity index (χ4n) is 5.66. The first kappa shape index (κ1) is 27.6. The molecule has 1 N–H and O–H groups in total. The SMILES string of the molecule is CC(C)c1ccc(N2C[C@H](CS(C)(=O)=O)[C@H]2C)c2cnc(Nc3ccnc(N4CC[C@H](C)OC[C@@H]4C)n3)cc12. The molecule has 0 bridgehead atoms. The summed E-state index contributed by atoms with van der Waals surface area (Å²) in [6.07, 6.45) is 6.18. The van der Waals surface area contributed by atoms with E-state index in [1.54, 1.807) is 6.20 Å². The zero-order valence-electron chi connectivity index (χ0n) is 23.8. The second kappa shape index (κ2) is 10.9. The first-order valence-electron chi connectivity index (χ1n) is 13.9. The van der Waals surface area contributed by atoms with Crippen molar-refractivity contribution in [3.63, 3.8) is 0 Å². The topological polar surface area (TPSA) is 101 Å². The quantitative estimate of drug-likeness (QED) is 0.444. The van der Waals surface area contributed by atoms with Crippen LogP contribution in [0.2, 0.25) is 0 Å². The van der Waals surface area contributed by atoms with Gasteiger partial charge in [-0.15, -0.1) is 0 Å². The third-order valence-electron chi connectivity index (χ3n) is 8.05. The number of nitrogens with one attached hydrogen (secondary N) is 1. The molecule has 0 amide bonds. The van der Waals surface area contributed by atoms with Crippen LogP contribution in [0.5, 0.6) is 0 Å². The van der Waals surface area contributed by atoms with Crippen LogP contribution in [0.4, 0.5) is 23.3 Å². The average molecular weight is 553 g/mol. The minimum absolute atomic E-state index is 0.141. The van der Waals surface area contributed by atoms with Gasteiger partial charge in [-0.05, 0) is 62.3 Å². The fraction of sp³-hybridized carbons (Fsp3) is 0.552. The maximum atomic E-state index is 11.8. The Labute approximate surface area is 231 Å². The predicted molar refractivity (Wildman–Crippen MR) is 158 cm³/mol. The molecule has 9 nitrogen and oxygen atoms in total. The summed E-state index contributed by atoms with van der Waals surface area (Å²) in [7, 11) is -3.00. The Morgan fingerprint density at radius 3 is 2.59 bits per heavy atom. The number of fused-ring (bicyclic) bond motifs is 1. The highest BCUT2D eigenvalue weighted by Crippen LogP contribution is 2.39. The van der Waals surface area contributed by atoms with Crippen molar-refractivity contribution < 1.29 is 13.2 Å². The Bertz CT molecular complexity index is 1450.